The number of aryl methyl sites for hydroxylation is 1. The van der Waals surface area contributed by atoms with Gasteiger partial charge in [-0.15, -0.1) is 0 Å². The Morgan fingerprint density at radius 2 is 2.09 bits per heavy atom. The minimum absolute atomic E-state index is 0.0301. The molecule has 1 N–H and O–H groups in total. The maximum atomic E-state index is 12.7. The zero-order valence-corrected chi connectivity index (χ0v) is 13.5. The summed E-state index contributed by atoms with van der Waals surface area (Å²) in [4.78, 5) is 14.6. The predicted molar refractivity (Wildman–Crippen MR) is 86.8 cm³/mol. The summed E-state index contributed by atoms with van der Waals surface area (Å²) in [5.74, 6) is 0.393. The van der Waals surface area contributed by atoms with E-state index in [1.54, 1.807) is 0 Å². The topological polar surface area (TPSA) is 49.0 Å². The minimum atomic E-state index is 0.0301. The molecule has 1 aromatic carbocycles. The number of carbonyl (C=O) groups is 1. The summed E-state index contributed by atoms with van der Waals surface area (Å²) in [6.45, 7) is 8.04. The largest absolute Gasteiger partial charge is 0.336 e. The Bertz CT molecular complexity index is 660. The second kappa shape index (κ2) is 5.59. The van der Waals surface area contributed by atoms with Crippen LogP contribution in [0.25, 0.3) is 0 Å². The van der Waals surface area contributed by atoms with Gasteiger partial charge in [-0.2, -0.15) is 5.10 Å². The fourth-order valence-electron chi connectivity index (χ4n) is 3.35. The number of benzene rings is 1. The van der Waals surface area contributed by atoms with E-state index in [4.69, 9.17) is 0 Å². The Labute approximate surface area is 131 Å². The first kappa shape index (κ1) is 14.8. The molecule has 1 unspecified atom stereocenters. The molecule has 0 radical (unpaired) electrons. The van der Waals surface area contributed by atoms with Crippen LogP contribution in [0.5, 0.6) is 0 Å². The zero-order chi connectivity index (χ0) is 15.7. The lowest BCUT2D eigenvalue weighted by atomic mass is 9.78. The Morgan fingerprint density at radius 3 is 2.73 bits per heavy atom. The number of hydrogen-bond acceptors (Lipinski definition) is 2. The van der Waals surface area contributed by atoms with E-state index in [1.807, 2.05) is 24.0 Å². The number of hydrogen-bond donors (Lipinski definition) is 1. The zero-order valence-electron chi connectivity index (χ0n) is 13.5. The Morgan fingerprint density at radius 1 is 1.36 bits per heavy atom. The van der Waals surface area contributed by atoms with E-state index >= 15 is 0 Å². The van der Waals surface area contributed by atoms with Crippen molar-refractivity contribution in [3.63, 3.8) is 0 Å². The smallest absolute Gasteiger partial charge is 0.274 e. The van der Waals surface area contributed by atoms with Gasteiger partial charge in [-0.1, -0.05) is 51.1 Å². The van der Waals surface area contributed by atoms with Gasteiger partial charge in [-0.3, -0.25) is 9.89 Å². The normalized spacial score (nSPS) is 20.3. The Hall–Kier alpha value is -2.10. The van der Waals surface area contributed by atoms with Gasteiger partial charge in [0.1, 0.15) is 5.69 Å². The van der Waals surface area contributed by atoms with Gasteiger partial charge in [0, 0.05) is 24.7 Å². The summed E-state index contributed by atoms with van der Waals surface area (Å²) in [7, 11) is 0. The number of nitrogens with one attached hydrogen (secondary N) is 1. The summed E-state index contributed by atoms with van der Waals surface area (Å²) in [5, 5.41) is 7.09. The molecular weight excluding hydrogens is 274 g/mol. The highest BCUT2D eigenvalue weighted by Gasteiger charge is 2.42. The molecule has 1 fully saturated rings. The third-order valence-corrected chi connectivity index (χ3v) is 4.66. The molecule has 2 heterocycles. The maximum absolute atomic E-state index is 12.7. The van der Waals surface area contributed by atoms with E-state index in [0.717, 1.165) is 25.2 Å². The molecule has 1 amide bonds. The highest BCUT2D eigenvalue weighted by Crippen LogP contribution is 2.42. The van der Waals surface area contributed by atoms with Crippen molar-refractivity contribution in [3.05, 3.63) is 53.3 Å². The first-order valence-electron chi connectivity index (χ1n) is 7.90. The summed E-state index contributed by atoms with van der Waals surface area (Å²) in [6.07, 6.45) is 0.860. The Kier molecular flexibility index (Phi) is 3.77. The highest BCUT2D eigenvalue weighted by molar-refractivity contribution is 5.92. The number of likely N-dealkylation sites (tertiary alicyclic amines) is 1. The highest BCUT2D eigenvalue weighted by atomic mass is 16.2. The second-order valence-electron chi connectivity index (χ2n) is 6.77. The lowest BCUT2D eigenvalue weighted by Gasteiger charge is -2.25. The van der Waals surface area contributed by atoms with Gasteiger partial charge < -0.3 is 4.90 Å². The van der Waals surface area contributed by atoms with Crippen LogP contribution in [-0.4, -0.2) is 34.1 Å². The molecule has 4 nitrogen and oxygen atoms in total. The molecule has 1 aliphatic heterocycles. The van der Waals surface area contributed by atoms with E-state index < -0.39 is 0 Å². The van der Waals surface area contributed by atoms with Gasteiger partial charge in [0.05, 0.1) is 0 Å². The molecule has 0 saturated carbocycles. The summed E-state index contributed by atoms with van der Waals surface area (Å²) >= 11 is 0. The van der Waals surface area contributed by atoms with Crippen LogP contribution >= 0.6 is 0 Å². The van der Waals surface area contributed by atoms with Crippen LogP contribution in [0.1, 0.15) is 48.4 Å². The minimum Gasteiger partial charge on any atom is -0.336 e. The van der Waals surface area contributed by atoms with Crippen molar-refractivity contribution in [2.24, 2.45) is 5.41 Å². The molecule has 0 spiro atoms. The van der Waals surface area contributed by atoms with Crippen molar-refractivity contribution in [2.75, 3.05) is 13.1 Å². The maximum Gasteiger partial charge on any atom is 0.274 e. The standard InChI is InChI=1S/C18H23N3O/c1-4-14-10-16(20-19-14)17(22)21-11-15(18(2,3)12-21)13-8-6-5-7-9-13/h5-10,15H,4,11-12H2,1-3H3,(H,19,20). The molecule has 1 aromatic heterocycles. The number of amides is 1. The van der Waals surface area contributed by atoms with Crippen molar-refractivity contribution < 1.29 is 4.79 Å². The molecule has 1 aliphatic rings. The van der Waals surface area contributed by atoms with Gasteiger partial charge in [0.2, 0.25) is 0 Å². The van der Waals surface area contributed by atoms with Crippen LogP contribution in [0.4, 0.5) is 0 Å². The van der Waals surface area contributed by atoms with E-state index in [9.17, 15) is 4.79 Å². The number of H-pyrrole nitrogens is 1. The van der Waals surface area contributed by atoms with Crippen molar-refractivity contribution in [1.29, 1.82) is 0 Å². The molecule has 4 heteroatoms. The third kappa shape index (κ3) is 2.65. The quantitative estimate of drug-likeness (QED) is 0.945. The van der Waals surface area contributed by atoms with Crippen molar-refractivity contribution in [3.8, 4) is 0 Å². The average Bonchev–Trinajstić information content (AvgIpc) is 3.11. The molecule has 22 heavy (non-hydrogen) atoms. The van der Waals surface area contributed by atoms with Crippen LogP contribution in [0.2, 0.25) is 0 Å². The predicted octanol–water partition coefficient (Wildman–Crippen LogP) is 3.24. The first-order valence-corrected chi connectivity index (χ1v) is 7.90. The second-order valence-corrected chi connectivity index (χ2v) is 6.77. The molecule has 0 aliphatic carbocycles. The number of carbonyl (C=O) groups excluding carboxylic acids is 1. The summed E-state index contributed by atoms with van der Waals surface area (Å²) in [5.41, 5.74) is 2.91. The van der Waals surface area contributed by atoms with Crippen LogP contribution in [-0.2, 0) is 6.42 Å². The third-order valence-electron chi connectivity index (χ3n) is 4.66. The number of rotatable bonds is 3. The molecule has 2 aromatic rings. The summed E-state index contributed by atoms with van der Waals surface area (Å²) < 4.78 is 0. The van der Waals surface area contributed by atoms with E-state index in [0.29, 0.717) is 11.6 Å². The van der Waals surface area contributed by atoms with Gasteiger partial charge in [-0.05, 0) is 23.5 Å². The average molecular weight is 297 g/mol. The van der Waals surface area contributed by atoms with Gasteiger partial charge in [-0.25, -0.2) is 0 Å². The SMILES string of the molecule is CCc1cc(C(=O)N2CC(c3ccccc3)C(C)(C)C2)n[nH]1. The van der Waals surface area contributed by atoms with E-state index in [1.165, 1.54) is 5.56 Å². The lowest BCUT2D eigenvalue weighted by molar-refractivity contribution is 0.0772. The van der Waals surface area contributed by atoms with Crippen molar-refractivity contribution in [1.82, 2.24) is 15.1 Å². The fraction of sp³-hybridized carbons (Fsp3) is 0.444. The Balaban J connectivity index is 1.81. The van der Waals surface area contributed by atoms with Gasteiger partial charge in [0.15, 0.2) is 0 Å². The van der Waals surface area contributed by atoms with Crippen LogP contribution < -0.4 is 0 Å². The van der Waals surface area contributed by atoms with Crippen molar-refractivity contribution in [2.45, 2.75) is 33.1 Å². The molecule has 0 bridgehead atoms. The van der Waals surface area contributed by atoms with Crippen LogP contribution in [0.3, 0.4) is 0 Å². The number of aromatic nitrogens is 2. The lowest BCUT2D eigenvalue weighted by Crippen LogP contribution is -2.30. The first-order chi connectivity index (χ1) is 10.5. The molecule has 116 valence electrons. The molecule has 3 rings (SSSR count). The molecule has 1 atom stereocenters. The van der Waals surface area contributed by atoms with E-state index in [2.05, 4.69) is 48.3 Å². The fourth-order valence-corrected chi connectivity index (χ4v) is 3.35. The monoisotopic (exact) mass is 297 g/mol. The van der Waals surface area contributed by atoms with Crippen LogP contribution in [0.15, 0.2) is 36.4 Å². The van der Waals surface area contributed by atoms with Gasteiger partial charge in [0.25, 0.3) is 5.91 Å². The van der Waals surface area contributed by atoms with Crippen molar-refractivity contribution >= 4 is 5.91 Å². The molecular formula is C18H23N3O. The number of nitrogens with zero attached hydrogens (tertiary/aromatic N) is 2. The van der Waals surface area contributed by atoms with E-state index in [-0.39, 0.29) is 11.3 Å². The molecule has 1 saturated heterocycles. The summed E-state index contributed by atoms with van der Waals surface area (Å²) in [6, 6.07) is 12.3. The van der Waals surface area contributed by atoms with Gasteiger partial charge >= 0.3 is 0 Å². The van der Waals surface area contributed by atoms with Crippen LogP contribution in [0, 0.1) is 5.41 Å². The number of aromatic amines is 1.